The van der Waals surface area contributed by atoms with Crippen molar-refractivity contribution < 1.29 is 4.79 Å². The normalized spacial score (nSPS) is 16.4. The predicted octanol–water partition coefficient (Wildman–Crippen LogP) is 0.572. The van der Waals surface area contributed by atoms with Gasteiger partial charge in [-0.1, -0.05) is 11.3 Å². The van der Waals surface area contributed by atoms with E-state index in [4.69, 9.17) is 0 Å². The molecule has 2 aromatic rings. The number of carbonyl (C=O) groups is 1. The van der Waals surface area contributed by atoms with Gasteiger partial charge in [0.2, 0.25) is 5.91 Å². The third-order valence-corrected chi connectivity index (χ3v) is 4.70. The Hall–Kier alpha value is -1.67. The number of thiazole rings is 1. The van der Waals surface area contributed by atoms with Crippen molar-refractivity contribution in [3.8, 4) is 0 Å². The molecule has 7 nitrogen and oxygen atoms in total. The van der Waals surface area contributed by atoms with Gasteiger partial charge in [-0.15, -0.1) is 0 Å². The Morgan fingerprint density at radius 3 is 3.10 bits per heavy atom. The average molecular weight is 308 g/mol. The summed E-state index contributed by atoms with van der Waals surface area (Å²) in [5.74, 6) is 0.128. The maximum atomic E-state index is 11.3. The van der Waals surface area contributed by atoms with Crippen molar-refractivity contribution in [2.75, 3.05) is 38.0 Å². The number of piperazine rings is 1. The summed E-state index contributed by atoms with van der Waals surface area (Å²) in [6.45, 7) is 6.03. The van der Waals surface area contributed by atoms with Crippen LogP contribution >= 0.6 is 11.3 Å². The molecule has 2 aromatic heterocycles. The molecule has 3 heterocycles. The summed E-state index contributed by atoms with van der Waals surface area (Å²) >= 11 is 1.65. The summed E-state index contributed by atoms with van der Waals surface area (Å²) in [4.78, 5) is 18.0. The Morgan fingerprint density at radius 2 is 2.33 bits per heavy atom. The van der Waals surface area contributed by atoms with Gasteiger partial charge in [0.25, 0.3) is 0 Å². The molecule has 0 spiro atoms. The number of aromatic nitrogens is 3. The summed E-state index contributed by atoms with van der Waals surface area (Å²) in [6.07, 6.45) is 1.00. The fraction of sp³-hybridized carbons (Fsp3) is 0.615. The highest BCUT2D eigenvalue weighted by Crippen LogP contribution is 2.27. The summed E-state index contributed by atoms with van der Waals surface area (Å²) in [5.41, 5.74) is 1.96. The van der Waals surface area contributed by atoms with Crippen molar-refractivity contribution in [2.24, 2.45) is 7.05 Å². The van der Waals surface area contributed by atoms with Crippen LogP contribution in [0.3, 0.4) is 0 Å². The van der Waals surface area contributed by atoms with Crippen molar-refractivity contribution in [3.05, 3.63) is 5.69 Å². The number of hydrogen-bond donors (Lipinski definition) is 2. The highest BCUT2D eigenvalue weighted by Gasteiger charge is 2.15. The van der Waals surface area contributed by atoms with Crippen LogP contribution in [0, 0.1) is 6.92 Å². The Morgan fingerprint density at radius 1 is 1.48 bits per heavy atom. The first-order chi connectivity index (χ1) is 10.1. The van der Waals surface area contributed by atoms with Gasteiger partial charge in [0.15, 0.2) is 10.8 Å². The van der Waals surface area contributed by atoms with Gasteiger partial charge in [-0.05, 0) is 13.3 Å². The van der Waals surface area contributed by atoms with E-state index in [0.717, 1.165) is 53.8 Å². The second-order valence-electron chi connectivity index (χ2n) is 5.29. The zero-order chi connectivity index (χ0) is 14.8. The number of carbonyl (C=O) groups excluding carboxylic acids is 1. The van der Waals surface area contributed by atoms with Gasteiger partial charge in [-0.3, -0.25) is 9.69 Å². The molecule has 1 fully saturated rings. The highest BCUT2D eigenvalue weighted by atomic mass is 32.1. The number of hydrogen-bond acceptors (Lipinski definition) is 6. The maximum Gasteiger partial charge on any atom is 0.234 e. The SMILES string of the molecule is Cc1nn(C)c2nc(NCCCN3CCNC(=O)C3)sc12. The number of fused-ring (bicyclic) bond motifs is 1. The molecule has 0 saturated carbocycles. The molecule has 0 radical (unpaired) electrons. The Bertz CT molecular complexity index is 614. The van der Waals surface area contributed by atoms with E-state index in [1.807, 2.05) is 18.7 Å². The van der Waals surface area contributed by atoms with Crippen LogP contribution in [0.15, 0.2) is 0 Å². The number of nitrogens with zero attached hydrogens (tertiary/aromatic N) is 4. The van der Waals surface area contributed by atoms with E-state index in [2.05, 4.69) is 25.6 Å². The number of aryl methyl sites for hydroxylation is 2. The fourth-order valence-corrected chi connectivity index (χ4v) is 3.50. The Labute approximate surface area is 127 Å². The minimum absolute atomic E-state index is 0.128. The van der Waals surface area contributed by atoms with Gasteiger partial charge in [-0.2, -0.15) is 5.10 Å². The minimum atomic E-state index is 0.128. The summed E-state index contributed by atoms with van der Waals surface area (Å²) in [6, 6.07) is 0. The zero-order valence-corrected chi connectivity index (χ0v) is 13.2. The van der Waals surface area contributed by atoms with E-state index in [-0.39, 0.29) is 5.91 Å². The first kappa shape index (κ1) is 14.3. The lowest BCUT2D eigenvalue weighted by molar-refractivity contribution is -0.124. The molecule has 0 aliphatic carbocycles. The van der Waals surface area contributed by atoms with Crippen LogP contribution in [0.5, 0.6) is 0 Å². The van der Waals surface area contributed by atoms with E-state index >= 15 is 0 Å². The molecule has 0 unspecified atom stereocenters. The van der Waals surface area contributed by atoms with Crippen LogP contribution in [0.25, 0.3) is 10.3 Å². The lowest BCUT2D eigenvalue weighted by atomic mass is 10.3. The summed E-state index contributed by atoms with van der Waals surface area (Å²) < 4.78 is 2.96. The Balaban J connectivity index is 1.48. The van der Waals surface area contributed by atoms with Gasteiger partial charge in [0.1, 0.15) is 0 Å². The third kappa shape index (κ3) is 3.16. The Kier molecular flexibility index (Phi) is 4.07. The van der Waals surface area contributed by atoms with Gasteiger partial charge >= 0.3 is 0 Å². The van der Waals surface area contributed by atoms with Crippen molar-refractivity contribution in [3.63, 3.8) is 0 Å². The lowest BCUT2D eigenvalue weighted by Crippen LogP contribution is -2.47. The molecule has 0 atom stereocenters. The molecule has 21 heavy (non-hydrogen) atoms. The monoisotopic (exact) mass is 308 g/mol. The summed E-state index contributed by atoms with van der Waals surface area (Å²) in [5, 5.41) is 11.5. The van der Waals surface area contributed by atoms with Gasteiger partial charge < -0.3 is 10.6 Å². The molecule has 0 bridgehead atoms. The van der Waals surface area contributed by atoms with Crippen molar-refractivity contribution in [2.45, 2.75) is 13.3 Å². The van der Waals surface area contributed by atoms with Crippen LogP contribution < -0.4 is 10.6 Å². The van der Waals surface area contributed by atoms with Gasteiger partial charge in [0.05, 0.1) is 16.9 Å². The maximum absolute atomic E-state index is 11.3. The standard InChI is InChI=1S/C13H20N6OS/c1-9-11-12(18(2)17-9)16-13(21-11)15-4-3-6-19-7-5-14-10(20)8-19/h3-8H2,1-2H3,(H,14,20)(H,15,16). The van der Waals surface area contributed by atoms with Gasteiger partial charge in [0, 0.05) is 33.2 Å². The molecular weight excluding hydrogens is 288 g/mol. The number of rotatable bonds is 5. The first-order valence-corrected chi connectivity index (χ1v) is 7.98. The topological polar surface area (TPSA) is 75.1 Å². The largest absolute Gasteiger partial charge is 0.361 e. The molecule has 1 amide bonds. The van der Waals surface area contributed by atoms with Crippen LogP contribution in [-0.2, 0) is 11.8 Å². The van der Waals surface area contributed by atoms with Crippen LogP contribution in [0.1, 0.15) is 12.1 Å². The van der Waals surface area contributed by atoms with Crippen LogP contribution in [0.4, 0.5) is 5.13 Å². The second kappa shape index (κ2) is 5.98. The summed E-state index contributed by atoms with van der Waals surface area (Å²) in [7, 11) is 1.92. The first-order valence-electron chi connectivity index (χ1n) is 7.16. The molecule has 3 rings (SSSR count). The molecule has 114 valence electrons. The lowest BCUT2D eigenvalue weighted by Gasteiger charge is -2.26. The van der Waals surface area contributed by atoms with Crippen LogP contribution in [-0.4, -0.2) is 58.3 Å². The van der Waals surface area contributed by atoms with E-state index in [1.54, 1.807) is 11.3 Å². The minimum Gasteiger partial charge on any atom is -0.361 e. The number of anilines is 1. The van der Waals surface area contributed by atoms with Gasteiger partial charge in [-0.25, -0.2) is 9.67 Å². The quantitative estimate of drug-likeness (QED) is 0.790. The van der Waals surface area contributed by atoms with E-state index in [1.165, 1.54) is 0 Å². The van der Waals surface area contributed by atoms with Crippen LogP contribution in [0.2, 0.25) is 0 Å². The second-order valence-corrected chi connectivity index (χ2v) is 6.29. The smallest absolute Gasteiger partial charge is 0.234 e. The number of nitrogens with one attached hydrogen (secondary N) is 2. The third-order valence-electron chi connectivity index (χ3n) is 3.59. The molecule has 0 aromatic carbocycles. The molecular formula is C13H20N6OS. The van der Waals surface area contributed by atoms with Crippen molar-refractivity contribution >= 4 is 32.7 Å². The molecule has 1 saturated heterocycles. The predicted molar refractivity (Wildman–Crippen MR) is 83.7 cm³/mol. The molecule has 1 aliphatic heterocycles. The van der Waals surface area contributed by atoms with Crippen molar-refractivity contribution in [1.82, 2.24) is 25.0 Å². The molecule has 1 aliphatic rings. The van der Waals surface area contributed by atoms with Crippen molar-refractivity contribution in [1.29, 1.82) is 0 Å². The molecule has 8 heteroatoms. The zero-order valence-electron chi connectivity index (χ0n) is 12.3. The van der Waals surface area contributed by atoms with E-state index < -0.39 is 0 Å². The number of amides is 1. The highest BCUT2D eigenvalue weighted by molar-refractivity contribution is 7.22. The molecule has 2 N–H and O–H groups in total. The fourth-order valence-electron chi connectivity index (χ4n) is 2.54. The van der Waals surface area contributed by atoms with E-state index in [9.17, 15) is 4.79 Å². The average Bonchev–Trinajstić information content (AvgIpc) is 2.97. The van der Waals surface area contributed by atoms with E-state index in [0.29, 0.717) is 6.54 Å².